The van der Waals surface area contributed by atoms with Crippen molar-refractivity contribution in [1.82, 2.24) is 9.55 Å². The quantitative estimate of drug-likeness (QED) is 0.698. The number of nitrogens with two attached hydrogens (primary N) is 1. The molecule has 0 aliphatic carbocycles. The molecular weight excluding hydrogens is 224 g/mol. The van der Waals surface area contributed by atoms with Crippen LogP contribution in [0.2, 0.25) is 0 Å². The summed E-state index contributed by atoms with van der Waals surface area (Å²) >= 11 is 0. The normalized spacial score (nSPS) is 27.9. The molecule has 17 heavy (non-hydrogen) atoms. The third-order valence-electron chi connectivity index (χ3n) is 2.69. The zero-order chi connectivity index (χ0) is 12.4. The van der Waals surface area contributed by atoms with Gasteiger partial charge in [-0.2, -0.15) is 10.2 Å². The monoisotopic (exact) mass is 236 g/mol. The van der Waals surface area contributed by atoms with E-state index in [1.165, 1.54) is 16.8 Å². The van der Waals surface area contributed by atoms with E-state index in [1.54, 1.807) is 0 Å². The first kappa shape index (κ1) is 11.6. The molecular formula is C10H12N4O3. The van der Waals surface area contributed by atoms with Gasteiger partial charge < -0.3 is 15.6 Å². The van der Waals surface area contributed by atoms with Crippen molar-refractivity contribution in [2.45, 2.75) is 18.8 Å². The van der Waals surface area contributed by atoms with Gasteiger partial charge in [-0.25, -0.2) is 4.79 Å². The Morgan fingerprint density at radius 1 is 1.76 bits per heavy atom. The van der Waals surface area contributed by atoms with Crippen LogP contribution in [-0.4, -0.2) is 27.4 Å². The standard InChI is InChI=1S/C10H12N4O3/c11-4-6-3-7(5-15)17-9(6)14-2-1-8(12)13-10(14)16/h1-2,6-7,9,15H,3,5H2,(H2,12,13,16)/t6-,7+,9-/m1/s1. The van der Waals surface area contributed by atoms with Gasteiger partial charge in [0.25, 0.3) is 0 Å². The molecule has 1 saturated heterocycles. The van der Waals surface area contributed by atoms with E-state index < -0.39 is 23.9 Å². The fraction of sp³-hybridized carbons (Fsp3) is 0.500. The number of aliphatic hydroxyl groups excluding tert-OH is 1. The summed E-state index contributed by atoms with van der Waals surface area (Å²) in [6, 6.07) is 3.53. The number of anilines is 1. The first-order valence-electron chi connectivity index (χ1n) is 5.16. The molecule has 0 amide bonds. The highest BCUT2D eigenvalue weighted by Gasteiger charge is 2.36. The van der Waals surface area contributed by atoms with Gasteiger partial charge in [0.1, 0.15) is 5.82 Å². The van der Waals surface area contributed by atoms with E-state index in [2.05, 4.69) is 11.1 Å². The van der Waals surface area contributed by atoms with Crippen molar-refractivity contribution in [3.63, 3.8) is 0 Å². The van der Waals surface area contributed by atoms with Gasteiger partial charge in [-0.1, -0.05) is 0 Å². The number of nitriles is 1. The minimum absolute atomic E-state index is 0.122. The highest BCUT2D eigenvalue weighted by Crippen LogP contribution is 2.32. The van der Waals surface area contributed by atoms with Crippen molar-refractivity contribution in [3.8, 4) is 6.07 Å². The second-order valence-corrected chi connectivity index (χ2v) is 3.84. The molecule has 1 fully saturated rings. The molecule has 7 heteroatoms. The van der Waals surface area contributed by atoms with Crippen LogP contribution in [0.5, 0.6) is 0 Å². The van der Waals surface area contributed by atoms with Crippen LogP contribution < -0.4 is 11.4 Å². The Labute approximate surface area is 97.1 Å². The maximum atomic E-state index is 11.6. The summed E-state index contributed by atoms with van der Waals surface area (Å²) in [6.45, 7) is -0.175. The number of rotatable bonds is 2. The number of hydrogen-bond donors (Lipinski definition) is 2. The Bertz CT molecular complexity index is 507. The topological polar surface area (TPSA) is 114 Å². The lowest BCUT2D eigenvalue weighted by molar-refractivity contribution is -0.0304. The molecule has 0 bridgehead atoms. The van der Waals surface area contributed by atoms with Crippen LogP contribution in [0.3, 0.4) is 0 Å². The summed E-state index contributed by atoms with van der Waals surface area (Å²) in [5.74, 6) is -0.355. The molecule has 0 radical (unpaired) electrons. The zero-order valence-electron chi connectivity index (χ0n) is 8.98. The van der Waals surface area contributed by atoms with Crippen LogP contribution >= 0.6 is 0 Å². The van der Waals surface area contributed by atoms with Gasteiger partial charge in [-0.15, -0.1) is 0 Å². The minimum Gasteiger partial charge on any atom is -0.394 e. The smallest absolute Gasteiger partial charge is 0.351 e. The van der Waals surface area contributed by atoms with Crippen molar-refractivity contribution >= 4 is 5.82 Å². The SMILES string of the molecule is N#C[C@H]1C[C@@H](CO)O[C@H]1n1ccc(N)nc1=O. The van der Waals surface area contributed by atoms with Gasteiger partial charge in [0.2, 0.25) is 0 Å². The summed E-state index contributed by atoms with van der Waals surface area (Å²) in [6.07, 6.45) is 0.709. The van der Waals surface area contributed by atoms with Crippen LogP contribution in [0, 0.1) is 17.2 Å². The summed E-state index contributed by atoms with van der Waals surface area (Å²) < 4.78 is 6.65. The molecule has 0 saturated carbocycles. The molecule has 3 N–H and O–H groups in total. The molecule has 2 rings (SSSR count). The number of ether oxygens (including phenoxy) is 1. The van der Waals surface area contributed by atoms with Crippen LogP contribution in [0.4, 0.5) is 5.82 Å². The zero-order valence-corrected chi connectivity index (χ0v) is 8.98. The molecule has 3 atom stereocenters. The summed E-state index contributed by atoms with van der Waals surface area (Å²) in [5, 5.41) is 18.0. The minimum atomic E-state index is -0.710. The summed E-state index contributed by atoms with van der Waals surface area (Å²) in [4.78, 5) is 15.2. The van der Waals surface area contributed by atoms with E-state index in [0.29, 0.717) is 6.42 Å². The molecule has 0 aromatic carbocycles. The largest absolute Gasteiger partial charge is 0.394 e. The predicted molar refractivity (Wildman–Crippen MR) is 57.6 cm³/mol. The Kier molecular flexibility index (Phi) is 3.08. The Balaban J connectivity index is 2.33. The van der Waals surface area contributed by atoms with Crippen molar-refractivity contribution in [2.75, 3.05) is 12.3 Å². The predicted octanol–water partition coefficient (Wildman–Crippen LogP) is -0.755. The van der Waals surface area contributed by atoms with Crippen LogP contribution in [0.1, 0.15) is 12.6 Å². The molecule has 0 spiro atoms. The lowest BCUT2D eigenvalue weighted by atomic mass is 10.1. The fourth-order valence-electron chi connectivity index (χ4n) is 1.86. The third kappa shape index (κ3) is 2.13. The highest BCUT2D eigenvalue weighted by atomic mass is 16.5. The first-order valence-corrected chi connectivity index (χ1v) is 5.16. The van der Waals surface area contributed by atoms with Crippen LogP contribution in [-0.2, 0) is 4.74 Å². The third-order valence-corrected chi connectivity index (χ3v) is 2.69. The average Bonchev–Trinajstić information content (AvgIpc) is 2.72. The second-order valence-electron chi connectivity index (χ2n) is 3.84. The van der Waals surface area contributed by atoms with E-state index in [9.17, 15) is 4.79 Å². The molecule has 1 aliphatic heterocycles. The molecule has 0 unspecified atom stereocenters. The van der Waals surface area contributed by atoms with E-state index in [1.807, 2.05) is 0 Å². The van der Waals surface area contributed by atoms with Gasteiger partial charge in [0.15, 0.2) is 6.23 Å². The van der Waals surface area contributed by atoms with E-state index in [0.717, 1.165) is 0 Å². The first-order chi connectivity index (χ1) is 8.15. The summed E-state index contributed by atoms with van der Waals surface area (Å²) in [5.41, 5.74) is 4.82. The molecule has 1 aliphatic rings. The Morgan fingerprint density at radius 3 is 3.12 bits per heavy atom. The van der Waals surface area contributed by atoms with Gasteiger partial charge >= 0.3 is 5.69 Å². The lowest BCUT2D eigenvalue weighted by Gasteiger charge is -2.16. The fourth-order valence-corrected chi connectivity index (χ4v) is 1.86. The van der Waals surface area contributed by atoms with Crippen molar-refractivity contribution in [1.29, 1.82) is 5.26 Å². The number of nitrogens with zero attached hydrogens (tertiary/aromatic N) is 3. The van der Waals surface area contributed by atoms with Crippen molar-refractivity contribution in [3.05, 3.63) is 22.7 Å². The van der Waals surface area contributed by atoms with Gasteiger partial charge in [0, 0.05) is 6.20 Å². The van der Waals surface area contributed by atoms with E-state index >= 15 is 0 Å². The van der Waals surface area contributed by atoms with Crippen molar-refractivity contribution in [2.24, 2.45) is 5.92 Å². The van der Waals surface area contributed by atoms with E-state index in [4.69, 9.17) is 20.8 Å². The maximum Gasteiger partial charge on any atom is 0.351 e. The number of aromatic nitrogens is 2. The molecule has 1 aromatic rings. The highest BCUT2D eigenvalue weighted by molar-refractivity contribution is 5.23. The lowest BCUT2D eigenvalue weighted by Crippen LogP contribution is -2.30. The Hall–Kier alpha value is -1.91. The average molecular weight is 236 g/mol. The van der Waals surface area contributed by atoms with Gasteiger partial charge in [-0.3, -0.25) is 4.57 Å². The molecule has 90 valence electrons. The molecule has 2 heterocycles. The number of aliphatic hydroxyl groups is 1. The van der Waals surface area contributed by atoms with Gasteiger partial charge in [-0.05, 0) is 12.5 Å². The number of nitrogen functional groups attached to an aromatic ring is 1. The second kappa shape index (κ2) is 4.53. The van der Waals surface area contributed by atoms with E-state index in [-0.39, 0.29) is 12.4 Å². The van der Waals surface area contributed by atoms with Crippen molar-refractivity contribution < 1.29 is 9.84 Å². The maximum absolute atomic E-state index is 11.6. The van der Waals surface area contributed by atoms with Gasteiger partial charge in [0.05, 0.1) is 24.7 Å². The number of hydrogen-bond acceptors (Lipinski definition) is 6. The van der Waals surface area contributed by atoms with Crippen LogP contribution in [0.15, 0.2) is 17.1 Å². The van der Waals surface area contributed by atoms with Crippen LogP contribution in [0.25, 0.3) is 0 Å². The molecule has 7 nitrogen and oxygen atoms in total. The Morgan fingerprint density at radius 2 is 2.53 bits per heavy atom. The summed E-state index contributed by atoms with van der Waals surface area (Å²) in [7, 11) is 0. The molecule has 1 aromatic heterocycles.